The molecule has 0 aliphatic rings. The van der Waals surface area contributed by atoms with Crippen molar-refractivity contribution in [2.24, 2.45) is 11.5 Å². The van der Waals surface area contributed by atoms with Gasteiger partial charge in [-0.2, -0.15) is 0 Å². The van der Waals surface area contributed by atoms with Gasteiger partial charge in [-0.3, -0.25) is 0 Å². The van der Waals surface area contributed by atoms with Crippen LogP contribution in [0.15, 0.2) is 33.9 Å². The molecule has 0 aliphatic heterocycles. The smallest absolute Gasteiger partial charge is 0.191 e. The van der Waals surface area contributed by atoms with Gasteiger partial charge in [-0.1, -0.05) is 45.0 Å². The largest absolute Gasteiger partial charge is 0.379 e. The molecule has 0 atom stereocenters. The minimum atomic E-state index is 0.494. The van der Waals surface area contributed by atoms with Crippen LogP contribution >= 0.6 is 27.7 Å². The average Bonchev–Trinajstić information content (AvgIpc) is 3.10. The molecule has 0 unspecified atom stereocenters. The molecule has 0 fully saturated rings. The van der Waals surface area contributed by atoms with E-state index in [-0.39, 0.29) is 0 Å². The van der Waals surface area contributed by atoms with Crippen LogP contribution in [-0.4, -0.2) is 63.6 Å². The van der Waals surface area contributed by atoms with E-state index in [0.29, 0.717) is 61.5 Å². The number of hydrogen-bond donors (Lipinski definition) is 3. The van der Waals surface area contributed by atoms with Gasteiger partial charge in [0.1, 0.15) is 0 Å². The van der Waals surface area contributed by atoms with Crippen molar-refractivity contribution in [2.75, 3.05) is 43.9 Å². The standard InChI is InChI=1S/C17H23BrN8OS/c18-13-3-1-12(2-4-13)11-26-16-14(24-25-26)15(21-7-5-19)22-17(23-16)28-10-9-27-8-6-20/h1-4H,5-11,19-20H2,(H,21,22,23). The molecule has 0 saturated carbocycles. The minimum Gasteiger partial charge on any atom is -0.379 e. The number of rotatable bonds is 11. The molecule has 0 aliphatic carbocycles. The van der Waals surface area contributed by atoms with Crippen molar-refractivity contribution < 1.29 is 4.74 Å². The normalized spacial score (nSPS) is 11.2. The number of ether oxygens (including phenoxy) is 1. The summed E-state index contributed by atoms with van der Waals surface area (Å²) < 4.78 is 8.23. The summed E-state index contributed by atoms with van der Waals surface area (Å²) in [6.45, 7) is 3.31. The van der Waals surface area contributed by atoms with E-state index in [4.69, 9.17) is 16.2 Å². The Bertz CT molecular complexity index is 889. The van der Waals surface area contributed by atoms with Gasteiger partial charge in [-0.05, 0) is 17.7 Å². The van der Waals surface area contributed by atoms with E-state index in [1.54, 1.807) is 4.68 Å². The molecule has 5 N–H and O–H groups in total. The van der Waals surface area contributed by atoms with E-state index in [9.17, 15) is 0 Å². The molecule has 0 radical (unpaired) electrons. The van der Waals surface area contributed by atoms with Crippen molar-refractivity contribution in [1.82, 2.24) is 25.0 Å². The molecule has 2 heterocycles. The fourth-order valence-corrected chi connectivity index (χ4v) is 3.42. The molecular weight excluding hydrogens is 444 g/mol. The number of benzene rings is 1. The minimum absolute atomic E-state index is 0.494. The molecule has 9 nitrogen and oxygen atoms in total. The van der Waals surface area contributed by atoms with E-state index in [1.165, 1.54) is 11.8 Å². The molecule has 0 saturated heterocycles. The number of aromatic nitrogens is 5. The second-order valence-corrected chi connectivity index (χ2v) is 7.84. The molecule has 150 valence electrons. The number of hydrogen-bond acceptors (Lipinski definition) is 9. The maximum atomic E-state index is 5.62. The van der Waals surface area contributed by atoms with Crippen LogP contribution in [0.4, 0.5) is 5.82 Å². The van der Waals surface area contributed by atoms with Gasteiger partial charge >= 0.3 is 0 Å². The Morgan fingerprint density at radius 3 is 2.68 bits per heavy atom. The van der Waals surface area contributed by atoms with Gasteiger partial charge in [0.15, 0.2) is 22.1 Å². The fourth-order valence-electron chi connectivity index (χ4n) is 2.46. The van der Waals surface area contributed by atoms with Crippen LogP contribution in [-0.2, 0) is 11.3 Å². The summed E-state index contributed by atoms with van der Waals surface area (Å²) in [6, 6.07) is 8.08. The van der Waals surface area contributed by atoms with Crippen LogP contribution < -0.4 is 16.8 Å². The third-order valence-corrected chi connectivity index (χ3v) is 5.09. The summed E-state index contributed by atoms with van der Waals surface area (Å²) in [5.74, 6) is 1.37. The van der Waals surface area contributed by atoms with Crippen LogP contribution in [0.25, 0.3) is 11.2 Å². The Kier molecular flexibility index (Phi) is 7.98. The van der Waals surface area contributed by atoms with E-state index in [0.717, 1.165) is 15.8 Å². The summed E-state index contributed by atoms with van der Waals surface area (Å²) >= 11 is 4.97. The van der Waals surface area contributed by atoms with Crippen molar-refractivity contribution in [3.8, 4) is 0 Å². The van der Waals surface area contributed by atoms with Crippen molar-refractivity contribution in [3.63, 3.8) is 0 Å². The Morgan fingerprint density at radius 1 is 1.11 bits per heavy atom. The maximum absolute atomic E-state index is 5.62. The van der Waals surface area contributed by atoms with Gasteiger partial charge in [-0.25, -0.2) is 14.6 Å². The first kappa shape index (κ1) is 20.9. The second-order valence-electron chi connectivity index (χ2n) is 5.87. The van der Waals surface area contributed by atoms with Gasteiger partial charge in [0, 0.05) is 29.9 Å². The van der Waals surface area contributed by atoms with Crippen LogP contribution in [0.5, 0.6) is 0 Å². The molecule has 1 aromatic carbocycles. The van der Waals surface area contributed by atoms with Gasteiger partial charge in [-0.15, -0.1) is 5.10 Å². The average molecular weight is 467 g/mol. The van der Waals surface area contributed by atoms with Crippen molar-refractivity contribution >= 4 is 44.7 Å². The maximum Gasteiger partial charge on any atom is 0.191 e. The quantitative estimate of drug-likeness (QED) is 0.218. The van der Waals surface area contributed by atoms with Crippen LogP contribution in [0.1, 0.15) is 5.56 Å². The Balaban J connectivity index is 1.83. The van der Waals surface area contributed by atoms with E-state index in [2.05, 4.69) is 41.5 Å². The fraction of sp³-hybridized carbons (Fsp3) is 0.412. The molecule has 0 spiro atoms. The number of halogens is 1. The van der Waals surface area contributed by atoms with Gasteiger partial charge in [0.05, 0.1) is 19.8 Å². The predicted molar refractivity (Wildman–Crippen MR) is 115 cm³/mol. The highest BCUT2D eigenvalue weighted by molar-refractivity contribution is 9.10. The summed E-state index contributed by atoms with van der Waals surface area (Å²) in [5, 5.41) is 12.4. The Hall–Kier alpha value is -1.79. The highest BCUT2D eigenvalue weighted by Gasteiger charge is 2.15. The first-order valence-electron chi connectivity index (χ1n) is 8.91. The molecule has 3 aromatic rings. The third kappa shape index (κ3) is 5.61. The van der Waals surface area contributed by atoms with Crippen molar-refractivity contribution in [1.29, 1.82) is 0 Å². The molecule has 2 aromatic heterocycles. The number of nitrogens with zero attached hydrogens (tertiary/aromatic N) is 5. The van der Waals surface area contributed by atoms with E-state index >= 15 is 0 Å². The Labute approximate surface area is 175 Å². The number of nitrogens with two attached hydrogens (primary N) is 2. The molecule has 0 bridgehead atoms. The van der Waals surface area contributed by atoms with Crippen molar-refractivity contribution in [3.05, 3.63) is 34.3 Å². The number of thioether (sulfide) groups is 1. The molecule has 0 amide bonds. The second kappa shape index (κ2) is 10.7. The predicted octanol–water partition coefficient (Wildman–Crippen LogP) is 1.47. The first-order valence-corrected chi connectivity index (χ1v) is 10.7. The lowest BCUT2D eigenvalue weighted by Crippen LogP contribution is -2.15. The molecule has 11 heteroatoms. The van der Waals surface area contributed by atoms with Crippen LogP contribution in [0, 0.1) is 0 Å². The van der Waals surface area contributed by atoms with E-state index < -0.39 is 0 Å². The monoisotopic (exact) mass is 466 g/mol. The molecule has 3 rings (SSSR count). The van der Waals surface area contributed by atoms with Crippen LogP contribution in [0.3, 0.4) is 0 Å². The van der Waals surface area contributed by atoms with Gasteiger partial charge in [0.25, 0.3) is 0 Å². The van der Waals surface area contributed by atoms with E-state index in [1.807, 2.05) is 24.3 Å². The molecular formula is C17H23BrN8OS. The summed E-state index contributed by atoms with van der Waals surface area (Å²) in [5.41, 5.74) is 13.5. The van der Waals surface area contributed by atoms with Gasteiger partial charge in [0.2, 0.25) is 0 Å². The summed E-state index contributed by atoms with van der Waals surface area (Å²) in [6.07, 6.45) is 0. The zero-order chi connectivity index (χ0) is 19.8. The Morgan fingerprint density at radius 2 is 1.93 bits per heavy atom. The molecule has 28 heavy (non-hydrogen) atoms. The first-order chi connectivity index (χ1) is 13.7. The van der Waals surface area contributed by atoms with Crippen molar-refractivity contribution in [2.45, 2.75) is 11.7 Å². The highest BCUT2D eigenvalue weighted by atomic mass is 79.9. The number of anilines is 1. The highest BCUT2D eigenvalue weighted by Crippen LogP contribution is 2.23. The summed E-state index contributed by atoms with van der Waals surface area (Å²) in [7, 11) is 0. The zero-order valence-corrected chi connectivity index (χ0v) is 17.7. The third-order valence-electron chi connectivity index (χ3n) is 3.75. The number of nitrogens with one attached hydrogen (secondary N) is 1. The topological polar surface area (TPSA) is 130 Å². The lowest BCUT2D eigenvalue weighted by molar-refractivity contribution is 0.158. The zero-order valence-electron chi connectivity index (χ0n) is 15.3. The SMILES string of the molecule is NCCNc1nc(SCCOCCN)nc2c1nnn2Cc1ccc(Br)cc1. The number of fused-ring (bicyclic) bond motifs is 1. The summed E-state index contributed by atoms with van der Waals surface area (Å²) in [4.78, 5) is 9.24. The van der Waals surface area contributed by atoms with Gasteiger partial charge < -0.3 is 21.5 Å². The van der Waals surface area contributed by atoms with Crippen LogP contribution in [0.2, 0.25) is 0 Å². The lowest BCUT2D eigenvalue weighted by atomic mass is 10.2. The lowest BCUT2D eigenvalue weighted by Gasteiger charge is -2.08.